The molecule has 0 atom stereocenters. The van der Waals surface area contributed by atoms with E-state index in [1.807, 2.05) is 18.2 Å². The van der Waals surface area contributed by atoms with Gasteiger partial charge in [-0.2, -0.15) is 0 Å². The number of nitrogens with zero attached hydrogens (tertiary/aromatic N) is 1. The van der Waals surface area contributed by atoms with Gasteiger partial charge in [0.05, 0.1) is 5.02 Å². The van der Waals surface area contributed by atoms with E-state index in [1.54, 1.807) is 12.3 Å². The van der Waals surface area contributed by atoms with Crippen LogP contribution in [-0.4, -0.2) is 16.5 Å². The van der Waals surface area contributed by atoms with E-state index in [1.165, 1.54) is 0 Å². The van der Waals surface area contributed by atoms with Crippen molar-refractivity contribution in [1.82, 2.24) is 9.97 Å². The minimum Gasteiger partial charge on any atom is -0.330 e. The van der Waals surface area contributed by atoms with Gasteiger partial charge in [0.2, 0.25) is 0 Å². The van der Waals surface area contributed by atoms with E-state index >= 15 is 0 Å². The Bertz CT molecular complexity index is 580. The summed E-state index contributed by atoms with van der Waals surface area (Å²) in [5.41, 5.74) is 6.53. The van der Waals surface area contributed by atoms with E-state index in [0.717, 1.165) is 0 Å². The number of aromatic amines is 1. The molecule has 0 aliphatic carbocycles. The Hall–Kier alpha value is -1.65. The molecule has 2 aromatic rings. The van der Waals surface area contributed by atoms with Gasteiger partial charge in [0.1, 0.15) is 5.82 Å². The lowest BCUT2D eigenvalue weighted by molar-refractivity contribution is 0.924. The monoisotopic (exact) mass is 249 g/mol. The van der Waals surface area contributed by atoms with Crippen LogP contribution in [0.1, 0.15) is 5.56 Å². The van der Waals surface area contributed by atoms with Crippen molar-refractivity contribution in [2.75, 3.05) is 6.54 Å². The summed E-state index contributed by atoms with van der Waals surface area (Å²) in [5.74, 6) is 0.473. The number of hydrogen-bond donors (Lipinski definition) is 2. The summed E-state index contributed by atoms with van der Waals surface area (Å²) in [6, 6.07) is 7.23. The third-order valence-corrected chi connectivity index (χ3v) is 2.75. The smallest absolute Gasteiger partial charge is 0.254 e. The summed E-state index contributed by atoms with van der Waals surface area (Å²) in [6.45, 7) is 0.427. The second kappa shape index (κ2) is 5.12. The molecule has 2 rings (SSSR count). The summed E-state index contributed by atoms with van der Waals surface area (Å²) in [7, 11) is 0. The third kappa shape index (κ3) is 2.54. The predicted molar refractivity (Wildman–Crippen MR) is 68.1 cm³/mol. The molecule has 0 saturated heterocycles. The van der Waals surface area contributed by atoms with Gasteiger partial charge in [0.15, 0.2) is 0 Å². The molecular formula is C12H12ClN3O. The van der Waals surface area contributed by atoms with Crippen LogP contribution in [0.25, 0.3) is 11.4 Å². The molecule has 0 fully saturated rings. The molecular weight excluding hydrogens is 238 g/mol. The van der Waals surface area contributed by atoms with Crippen LogP contribution in [0.5, 0.6) is 0 Å². The van der Waals surface area contributed by atoms with Gasteiger partial charge >= 0.3 is 0 Å². The highest BCUT2D eigenvalue weighted by Gasteiger charge is 2.06. The predicted octanol–water partition coefficient (Wildman–Crippen LogP) is 1.59. The highest BCUT2D eigenvalue weighted by molar-refractivity contribution is 6.33. The number of hydrogen-bond acceptors (Lipinski definition) is 3. The molecule has 1 aromatic heterocycles. The van der Waals surface area contributed by atoms with Crippen LogP contribution in [0.4, 0.5) is 0 Å². The summed E-state index contributed by atoms with van der Waals surface area (Å²) < 4.78 is 0. The number of nitrogens with one attached hydrogen (secondary N) is 1. The van der Waals surface area contributed by atoms with Crippen molar-refractivity contribution in [2.24, 2.45) is 5.73 Å². The van der Waals surface area contributed by atoms with Crippen molar-refractivity contribution in [1.29, 1.82) is 0 Å². The van der Waals surface area contributed by atoms with Crippen molar-refractivity contribution in [3.8, 4) is 11.4 Å². The summed E-state index contributed by atoms with van der Waals surface area (Å²) in [5, 5.41) is 0.558. The lowest BCUT2D eigenvalue weighted by atomic mass is 10.2. The molecule has 0 radical (unpaired) electrons. The van der Waals surface area contributed by atoms with Crippen LogP contribution in [-0.2, 0) is 6.42 Å². The average Bonchev–Trinajstić information content (AvgIpc) is 2.33. The minimum atomic E-state index is -0.166. The van der Waals surface area contributed by atoms with Crippen molar-refractivity contribution < 1.29 is 0 Å². The molecule has 0 saturated carbocycles. The van der Waals surface area contributed by atoms with Crippen LogP contribution in [0.15, 0.2) is 35.3 Å². The molecule has 0 spiro atoms. The van der Waals surface area contributed by atoms with Crippen molar-refractivity contribution in [3.05, 3.63) is 51.4 Å². The lowest BCUT2D eigenvalue weighted by Gasteiger charge is -2.04. The van der Waals surface area contributed by atoms with Gasteiger partial charge in [-0.05, 0) is 25.1 Å². The van der Waals surface area contributed by atoms with Crippen LogP contribution in [0.3, 0.4) is 0 Å². The largest absolute Gasteiger partial charge is 0.330 e. The van der Waals surface area contributed by atoms with Crippen LogP contribution >= 0.6 is 11.6 Å². The molecule has 0 aliphatic rings. The Kier molecular flexibility index (Phi) is 3.56. The van der Waals surface area contributed by atoms with E-state index in [-0.39, 0.29) is 5.56 Å². The molecule has 0 aliphatic heterocycles. The van der Waals surface area contributed by atoms with E-state index < -0.39 is 0 Å². The fourth-order valence-corrected chi connectivity index (χ4v) is 1.77. The fraction of sp³-hybridized carbons (Fsp3) is 0.167. The minimum absolute atomic E-state index is 0.166. The standard InChI is InChI=1S/C12H12ClN3O/c13-10-4-2-1-3-9(10)11-15-7-8(5-6-14)12(17)16-11/h1-4,7H,5-6,14H2,(H,15,16,17). The van der Waals surface area contributed by atoms with E-state index in [0.29, 0.717) is 34.9 Å². The van der Waals surface area contributed by atoms with Crippen molar-refractivity contribution >= 4 is 11.6 Å². The van der Waals surface area contributed by atoms with E-state index in [2.05, 4.69) is 9.97 Å². The highest BCUT2D eigenvalue weighted by atomic mass is 35.5. The lowest BCUT2D eigenvalue weighted by Crippen LogP contribution is -2.17. The van der Waals surface area contributed by atoms with Gasteiger partial charge in [-0.1, -0.05) is 23.7 Å². The first-order chi connectivity index (χ1) is 8.22. The van der Waals surface area contributed by atoms with Crippen molar-refractivity contribution in [2.45, 2.75) is 6.42 Å². The molecule has 0 bridgehead atoms. The normalized spacial score (nSPS) is 10.5. The zero-order chi connectivity index (χ0) is 12.3. The van der Waals surface area contributed by atoms with Gasteiger partial charge in [-0.25, -0.2) is 4.98 Å². The van der Waals surface area contributed by atoms with Gasteiger partial charge in [0.25, 0.3) is 5.56 Å². The molecule has 1 heterocycles. The second-order valence-electron chi connectivity index (χ2n) is 3.60. The molecule has 1 aromatic carbocycles. The first kappa shape index (κ1) is 11.8. The van der Waals surface area contributed by atoms with E-state index in [9.17, 15) is 4.79 Å². The Labute approximate surface area is 103 Å². The number of aromatic nitrogens is 2. The quantitative estimate of drug-likeness (QED) is 0.868. The van der Waals surface area contributed by atoms with Crippen LogP contribution < -0.4 is 11.3 Å². The number of halogens is 1. The molecule has 5 heteroatoms. The van der Waals surface area contributed by atoms with Gasteiger partial charge in [0, 0.05) is 17.3 Å². The van der Waals surface area contributed by atoms with Crippen LogP contribution in [0, 0.1) is 0 Å². The van der Waals surface area contributed by atoms with Crippen LogP contribution in [0.2, 0.25) is 5.02 Å². The Balaban J connectivity index is 2.45. The first-order valence-electron chi connectivity index (χ1n) is 5.25. The SMILES string of the molecule is NCCc1cnc(-c2ccccc2Cl)[nH]c1=O. The number of rotatable bonds is 3. The second-order valence-corrected chi connectivity index (χ2v) is 4.01. The summed E-state index contributed by atoms with van der Waals surface area (Å²) in [4.78, 5) is 18.6. The topological polar surface area (TPSA) is 71.8 Å². The number of H-pyrrole nitrogens is 1. The van der Waals surface area contributed by atoms with Gasteiger partial charge in [-0.3, -0.25) is 4.79 Å². The molecule has 17 heavy (non-hydrogen) atoms. The maximum Gasteiger partial charge on any atom is 0.254 e. The number of benzene rings is 1. The molecule has 88 valence electrons. The van der Waals surface area contributed by atoms with E-state index in [4.69, 9.17) is 17.3 Å². The zero-order valence-corrected chi connectivity index (χ0v) is 9.87. The maximum atomic E-state index is 11.7. The Morgan fingerprint density at radius 3 is 2.76 bits per heavy atom. The molecule has 0 amide bonds. The Morgan fingerprint density at radius 2 is 2.12 bits per heavy atom. The van der Waals surface area contributed by atoms with Gasteiger partial charge in [-0.15, -0.1) is 0 Å². The van der Waals surface area contributed by atoms with Crippen molar-refractivity contribution in [3.63, 3.8) is 0 Å². The molecule has 4 nitrogen and oxygen atoms in total. The average molecular weight is 250 g/mol. The third-order valence-electron chi connectivity index (χ3n) is 2.42. The number of nitrogens with two attached hydrogens (primary N) is 1. The first-order valence-corrected chi connectivity index (χ1v) is 5.63. The summed E-state index contributed by atoms with van der Waals surface area (Å²) >= 11 is 6.03. The maximum absolute atomic E-state index is 11.7. The summed E-state index contributed by atoms with van der Waals surface area (Å²) in [6.07, 6.45) is 2.06. The fourth-order valence-electron chi connectivity index (χ4n) is 1.54. The Morgan fingerprint density at radius 1 is 1.35 bits per heavy atom. The van der Waals surface area contributed by atoms with Gasteiger partial charge < -0.3 is 10.7 Å². The molecule has 3 N–H and O–H groups in total. The molecule has 0 unspecified atom stereocenters. The highest BCUT2D eigenvalue weighted by Crippen LogP contribution is 2.23. The zero-order valence-electron chi connectivity index (χ0n) is 9.11.